The van der Waals surface area contributed by atoms with Crippen LogP contribution in [0.15, 0.2) is 54.6 Å². The number of amides is 1. The molecule has 0 saturated heterocycles. The lowest BCUT2D eigenvalue weighted by Crippen LogP contribution is -2.32. The zero-order valence-electron chi connectivity index (χ0n) is 18.7. The molecule has 0 saturated carbocycles. The van der Waals surface area contributed by atoms with Crippen molar-refractivity contribution in [1.29, 1.82) is 0 Å². The number of rotatable bonds is 9. The number of benzene rings is 2. The van der Waals surface area contributed by atoms with Gasteiger partial charge in [-0.25, -0.2) is 0 Å². The van der Waals surface area contributed by atoms with Crippen LogP contribution in [0.1, 0.15) is 11.1 Å². The van der Waals surface area contributed by atoms with Crippen molar-refractivity contribution in [3.63, 3.8) is 0 Å². The number of nitrogens with one attached hydrogen (secondary N) is 1. The van der Waals surface area contributed by atoms with E-state index in [0.717, 1.165) is 22.4 Å². The van der Waals surface area contributed by atoms with Crippen LogP contribution in [0.4, 0.5) is 0 Å². The smallest absolute Gasteiger partial charge is 0.258 e. The monoisotopic (exact) mass is 447 g/mol. The highest BCUT2D eigenvalue weighted by Gasteiger charge is 2.11. The van der Waals surface area contributed by atoms with E-state index < -0.39 is 0 Å². The summed E-state index contributed by atoms with van der Waals surface area (Å²) in [6, 6.07) is 16.7. The van der Waals surface area contributed by atoms with E-state index in [4.69, 9.17) is 14.2 Å². The molecule has 2 heterocycles. The first-order valence-electron chi connectivity index (χ1n) is 10.5. The van der Waals surface area contributed by atoms with Gasteiger partial charge in [-0.2, -0.15) is 4.52 Å². The summed E-state index contributed by atoms with van der Waals surface area (Å²) in [5.41, 5.74) is 3.60. The molecule has 9 nitrogen and oxygen atoms in total. The molecular formula is C24H25N5O4. The number of hydrogen-bond acceptors (Lipinski definition) is 7. The Hall–Kier alpha value is -4.14. The van der Waals surface area contributed by atoms with Crippen LogP contribution in [0.5, 0.6) is 17.4 Å². The quantitative estimate of drug-likeness (QED) is 0.394. The van der Waals surface area contributed by atoms with Crippen LogP contribution in [0.2, 0.25) is 0 Å². The molecule has 4 rings (SSSR count). The zero-order valence-corrected chi connectivity index (χ0v) is 18.7. The van der Waals surface area contributed by atoms with Crippen LogP contribution in [-0.4, -0.2) is 52.6 Å². The minimum absolute atomic E-state index is 0.0551. The van der Waals surface area contributed by atoms with Gasteiger partial charge >= 0.3 is 0 Å². The highest BCUT2D eigenvalue weighted by molar-refractivity contribution is 5.77. The lowest BCUT2D eigenvalue weighted by Gasteiger charge is -2.11. The minimum atomic E-state index is -0.219. The summed E-state index contributed by atoms with van der Waals surface area (Å²) < 4.78 is 18.1. The molecule has 0 atom stereocenters. The Bertz CT molecular complexity index is 1250. The summed E-state index contributed by atoms with van der Waals surface area (Å²) in [7, 11) is 1.62. The third-order valence-corrected chi connectivity index (χ3v) is 5.17. The van der Waals surface area contributed by atoms with Crippen molar-refractivity contribution >= 4 is 11.6 Å². The number of carbonyl (C=O) groups excluding carboxylic acids is 1. The average Bonchev–Trinajstić information content (AvgIpc) is 3.26. The lowest BCUT2D eigenvalue weighted by molar-refractivity contribution is -0.123. The van der Waals surface area contributed by atoms with Crippen molar-refractivity contribution in [1.82, 2.24) is 25.1 Å². The third kappa shape index (κ3) is 5.20. The Labute approximate surface area is 191 Å². The molecule has 1 N–H and O–H groups in total. The van der Waals surface area contributed by atoms with Crippen molar-refractivity contribution in [2.75, 3.05) is 26.9 Å². The molecule has 0 aliphatic carbocycles. The molecule has 0 bridgehead atoms. The van der Waals surface area contributed by atoms with E-state index in [-0.39, 0.29) is 19.1 Å². The Morgan fingerprint density at radius 2 is 1.82 bits per heavy atom. The number of aryl methyl sites for hydroxylation is 1. The number of carbonyl (C=O) groups is 1. The summed E-state index contributed by atoms with van der Waals surface area (Å²) in [5, 5.41) is 15.6. The van der Waals surface area contributed by atoms with Gasteiger partial charge in [-0.3, -0.25) is 4.79 Å². The molecule has 0 radical (unpaired) electrons. The minimum Gasteiger partial charge on any atom is -0.497 e. The number of aromatic nitrogens is 4. The molecule has 4 aromatic rings. The molecule has 9 heteroatoms. The zero-order chi connectivity index (χ0) is 23.2. The summed E-state index contributed by atoms with van der Waals surface area (Å²) >= 11 is 0. The van der Waals surface area contributed by atoms with E-state index in [9.17, 15) is 4.79 Å². The van der Waals surface area contributed by atoms with E-state index in [1.807, 2.05) is 56.3 Å². The topological polar surface area (TPSA) is 99.9 Å². The number of hydrogen-bond donors (Lipinski definition) is 1. The number of methoxy groups -OCH3 is 1. The van der Waals surface area contributed by atoms with Crippen molar-refractivity contribution in [2.45, 2.75) is 13.8 Å². The van der Waals surface area contributed by atoms with E-state index in [0.29, 0.717) is 29.6 Å². The molecule has 1 amide bonds. The van der Waals surface area contributed by atoms with Crippen LogP contribution in [0.25, 0.3) is 17.0 Å². The van der Waals surface area contributed by atoms with Gasteiger partial charge in [0.05, 0.1) is 13.7 Å². The van der Waals surface area contributed by atoms with Gasteiger partial charge in [0.25, 0.3) is 5.91 Å². The van der Waals surface area contributed by atoms with E-state index in [1.54, 1.807) is 23.8 Å². The third-order valence-electron chi connectivity index (χ3n) is 5.17. The van der Waals surface area contributed by atoms with Gasteiger partial charge in [0.2, 0.25) is 5.88 Å². The molecule has 2 aromatic carbocycles. The van der Waals surface area contributed by atoms with Crippen LogP contribution >= 0.6 is 0 Å². The Balaban J connectivity index is 1.30. The second kappa shape index (κ2) is 9.99. The van der Waals surface area contributed by atoms with Gasteiger partial charge in [0.1, 0.15) is 18.1 Å². The van der Waals surface area contributed by atoms with Crippen molar-refractivity contribution < 1.29 is 19.0 Å². The fourth-order valence-corrected chi connectivity index (χ4v) is 3.19. The maximum absolute atomic E-state index is 12.1. The molecule has 0 aliphatic heterocycles. The number of nitrogens with zero attached hydrogens (tertiary/aromatic N) is 4. The van der Waals surface area contributed by atoms with Crippen LogP contribution < -0.4 is 19.5 Å². The van der Waals surface area contributed by atoms with Gasteiger partial charge in [-0.1, -0.05) is 12.1 Å². The molecule has 33 heavy (non-hydrogen) atoms. The van der Waals surface area contributed by atoms with Gasteiger partial charge in [-0.15, -0.1) is 15.3 Å². The van der Waals surface area contributed by atoms with Crippen LogP contribution in [0.3, 0.4) is 0 Å². The molecule has 0 aliphatic rings. The normalized spacial score (nSPS) is 10.8. The first-order chi connectivity index (χ1) is 16.0. The average molecular weight is 447 g/mol. The predicted octanol–water partition coefficient (Wildman–Crippen LogP) is 2.99. The second-order valence-corrected chi connectivity index (χ2v) is 7.38. The molecule has 0 fully saturated rings. The molecule has 2 aromatic heterocycles. The van der Waals surface area contributed by atoms with Crippen molar-refractivity contribution in [2.24, 2.45) is 0 Å². The molecule has 0 unspecified atom stereocenters. The van der Waals surface area contributed by atoms with E-state index in [2.05, 4.69) is 20.6 Å². The SMILES string of the molecule is COc1ccc(-c2nnc3ccc(OCCNC(=O)COc4cccc(C)c4C)nn23)cc1. The summed E-state index contributed by atoms with van der Waals surface area (Å²) in [6.45, 7) is 4.50. The highest BCUT2D eigenvalue weighted by atomic mass is 16.5. The molecule has 0 spiro atoms. The van der Waals surface area contributed by atoms with E-state index >= 15 is 0 Å². The maximum Gasteiger partial charge on any atom is 0.258 e. The molecule has 170 valence electrons. The Morgan fingerprint density at radius 1 is 1.00 bits per heavy atom. The van der Waals surface area contributed by atoms with Gasteiger partial charge in [-0.05, 0) is 61.4 Å². The fraction of sp³-hybridized carbons (Fsp3) is 0.250. The Morgan fingerprint density at radius 3 is 2.61 bits per heavy atom. The van der Waals surface area contributed by atoms with Gasteiger partial charge in [0.15, 0.2) is 18.1 Å². The summed E-state index contributed by atoms with van der Waals surface area (Å²) in [4.78, 5) is 12.1. The first-order valence-corrected chi connectivity index (χ1v) is 10.5. The predicted molar refractivity (Wildman–Crippen MR) is 123 cm³/mol. The Kier molecular flexibility index (Phi) is 6.68. The van der Waals surface area contributed by atoms with Crippen LogP contribution in [0, 0.1) is 13.8 Å². The highest BCUT2D eigenvalue weighted by Crippen LogP contribution is 2.22. The first kappa shape index (κ1) is 22.1. The van der Waals surface area contributed by atoms with Crippen molar-refractivity contribution in [3.05, 3.63) is 65.7 Å². The van der Waals surface area contributed by atoms with Gasteiger partial charge in [0, 0.05) is 11.6 Å². The van der Waals surface area contributed by atoms with Crippen LogP contribution in [-0.2, 0) is 4.79 Å². The van der Waals surface area contributed by atoms with Gasteiger partial charge < -0.3 is 19.5 Å². The maximum atomic E-state index is 12.1. The number of fused-ring (bicyclic) bond motifs is 1. The standard InChI is InChI=1S/C24H25N5O4/c1-16-5-4-6-20(17(16)2)33-15-22(30)25-13-14-32-23-12-11-21-26-27-24(29(21)28-23)18-7-9-19(31-3)10-8-18/h4-12H,13-15H2,1-3H3,(H,25,30). The summed E-state index contributed by atoms with van der Waals surface area (Å²) in [6.07, 6.45) is 0. The summed E-state index contributed by atoms with van der Waals surface area (Å²) in [5.74, 6) is 2.24. The molecular weight excluding hydrogens is 422 g/mol. The number of ether oxygens (including phenoxy) is 3. The fourth-order valence-electron chi connectivity index (χ4n) is 3.19. The largest absolute Gasteiger partial charge is 0.497 e. The second-order valence-electron chi connectivity index (χ2n) is 7.38. The van der Waals surface area contributed by atoms with Crippen molar-refractivity contribution in [3.8, 4) is 28.8 Å². The van der Waals surface area contributed by atoms with E-state index in [1.165, 1.54) is 0 Å². The lowest BCUT2D eigenvalue weighted by atomic mass is 10.1.